The van der Waals surface area contributed by atoms with Gasteiger partial charge in [-0.25, -0.2) is 4.98 Å². The lowest BCUT2D eigenvalue weighted by Crippen LogP contribution is -2.17. The Morgan fingerprint density at radius 3 is 1.86 bits per heavy atom. The zero-order valence-electron chi connectivity index (χ0n) is 11.9. The topological polar surface area (TPSA) is 30.0 Å². The zero-order chi connectivity index (χ0) is 15.4. The molecule has 0 fully saturated rings. The van der Waals surface area contributed by atoms with Crippen molar-refractivity contribution in [2.45, 2.75) is 6.16 Å². The van der Waals surface area contributed by atoms with Crippen LogP contribution in [0.3, 0.4) is 0 Å². The Balaban J connectivity index is 2.13. The van der Waals surface area contributed by atoms with Gasteiger partial charge < -0.3 is 4.57 Å². The van der Waals surface area contributed by atoms with Gasteiger partial charge in [-0.15, -0.1) is 0 Å². The molecule has 0 unspecified atom stereocenters. The Hall–Kier alpha value is -1.89. The fourth-order valence-electron chi connectivity index (χ4n) is 2.45. The van der Waals surface area contributed by atoms with Crippen LogP contribution in [0.2, 0.25) is 5.15 Å². The molecule has 0 N–H and O–H groups in total. The van der Waals surface area contributed by atoms with Gasteiger partial charge >= 0.3 is 0 Å². The fraction of sp³-hybridized carbons (Fsp3) is 0.0556. The minimum atomic E-state index is -2.80. The van der Waals surface area contributed by atoms with Crippen molar-refractivity contribution in [2.24, 2.45) is 0 Å². The number of nitrogens with zero attached hydrogens (tertiary/aromatic N) is 1. The highest BCUT2D eigenvalue weighted by Gasteiger charge is 2.28. The van der Waals surface area contributed by atoms with Gasteiger partial charge in [-0.3, -0.25) is 0 Å². The maximum atomic E-state index is 13.9. The molecule has 22 heavy (non-hydrogen) atoms. The first-order valence-corrected chi connectivity index (χ1v) is 9.27. The van der Waals surface area contributed by atoms with Crippen molar-refractivity contribution >= 4 is 29.4 Å². The quantitative estimate of drug-likeness (QED) is 0.529. The Morgan fingerprint density at radius 2 is 1.36 bits per heavy atom. The monoisotopic (exact) mass is 327 g/mol. The van der Waals surface area contributed by atoms with Gasteiger partial charge in [0.1, 0.15) is 12.3 Å². The minimum Gasteiger partial charge on any atom is -0.313 e. The third-order valence-electron chi connectivity index (χ3n) is 3.58. The number of hydrogen-bond donors (Lipinski definition) is 0. The van der Waals surface area contributed by atoms with Crippen molar-refractivity contribution in [1.29, 1.82) is 0 Å². The van der Waals surface area contributed by atoms with Gasteiger partial charge in [0, 0.05) is 23.0 Å². The van der Waals surface area contributed by atoms with E-state index >= 15 is 0 Å². The predicted molar refractivity (Wildman–Crippen MR) is 92.7 cm³/mol. The molecule has 2 aromatic carbocycles. The second kappa shape index (κ2) is 6.48. The largest absolute Gasteiger partial charge is 0.313 e. The summed E-state index contributed by atoms with van der Waals surface area (Å²) in [4.78, 5) is 4.09. The summed E-state index contributed by atoms with van der Waals surface area (Å²) in [5.74, 6) is 0. The van der Waals surface area contributed by atoms with Gasteiger partial charge in [0.05, 0.1) is 0 Å². The van der Waals surface area contributed by atoms with Crippen LogP contribution in [0.25, 0.3) is 0 Å². The third-order valence-corrected chi connectivity index (χ3v) is 6.97. The summed E-state index contributed by atoms with van der Waals surface area (Å²) < 4.78 is 13.9. The summed E-state index contributed by atoms with van der Waals surface area (Å²) in [5, 5.41) is 2.08. The molecule has 0 bridgehead atoms. The highest BCUT2D eigenvalue weighted by atomic mass is 35.5. The SMILES string of the molecule is O=P(Cc1cccnc1Cl)(c1ccccc1)c1ccccc1. The number of aromatic nitrogens is 1. The molecular weight excluding hydrogens is 313 g/mol. The van der Waals surface area contributed by atoms with Crippen molar-refractivity contribution in [3.8, 4) is 0 Å². The van der Waals surface area contributed by atoms with E-state index in [0.29, 0.717) is 11.3 Å². The maximum Gasteiger partial charge on any atom is 0.147 e. The summed E-state index contributed by atoms with van der Waals surface area (Å²) in [6.07, 6.45) is 2.01. The van der Waals surface area contributed by atoms with Gasteiger partial charge in [0.2, 0.25) is 0 Å². The first-order chi connectivity index (χ1) is 10.7. The molecule has 3 aromatic rings. The molecule has 0 spiro atoms. The molecule has 0 aliphatic carbocycles. The van der Waals surface area contributed by atoms with Crippen LogP contribution in [0.5, 0.6) is 0 Å². The van der Waals surface area contributed by atoms with E-state index in [-0.39, 0.29) is 0 Å². The molecule has 1 heterocycles. The molecule has 0 radical (unpaired) electrons. The molecule has 0 amide bonds. The molecule has 0 atom stereocenters. The molecule has 0 aliphatic heterocycles. The fourth-order valence-corrected chi connectivity index (χ4v) is 5.43. The number of halogens is 1. The summed E-state index contributed by atoms with van der Waals surface area (Å²) >= 11 is 6.17. The van der Waals surface area contributed by atoms with Crippen LogP contribution in [-0.4, -0.2) is 4.98 Å². The lowest BCUT2D eigenvalue weighted by molar-refractivity contribution is 0.586. The van der Waals surface area contributed by atoms with Crippen LogP contribution in [0.1, 0.15) is 5.56 Å². The maximum absolute atomic E-state index is 13.9. The van der Waals surface area contributed by atoms with E-state index in [4.69, 9.17) is 11.6 Å². The van der Waals surface area contributed by atoms with Gasteiger partial charge in [0.25, 0.3) is 0 Å². The summed E-state index contributed by atoms with van der Waals surface area (Å²) in [6, 6.07) is 22.9. The van der Waals surface area contributed by atoms with Crippen molar-refractivity contribution < 1.29 is 4.57 Å². The Morgan fingerprint density at radius 1 is 0.818 bits per heavy atom. The normalized spacial score (nSPS) is 11.3. The second-order valence-corrected chi connectivity index (χ2v) is 8.21. The van der Waals surface area contributed by atoms with Crippen LogP contribution in [0.15, 0.2) is 79.0 Å². The molecule has 0 saturated heterocycles. The van der Waals surface area contributed by atoms with E-state index in [1.165, 1.54) is 0 Å². The number of benzene rings is 2. The molecule has 0 saturated carbocycles. The van der Waals surface area contributed by atoms with Crippen molar-refractivity contribution in [3.63, 3.8) is 0 Å². The molecule has 0 aliphatic rings. The average molecular weight is 328 g/mol. The van der Waals surface area contributed by atoms with E-state index < -0.39 is 7.14 Å². The second-order valence-electron chi connectivity index (χ2n) is 5.02. The smallest absolute Gasteiger partial charge is 0.147 e. The number of hydrogen-bond acceptors (Lipinski definition) is 2. The van der Waals surface area contributed by atoms with E-state index in [1.54, 1.807) is 6.20 Å². The highest BCUT2D eigenvalue weighted by Crippen LogP contribution is 2.47. The predicted octanol–water partition coefficient (Wildman–Crippen LogP) is 4.25. The number of rotatable bonds is 4. The van der Waals surface area contributed by atoms with E-state index in [1.807, 2.05) is 72.8 Å². The first kappa shape index (κ1) is 15.0. The van der Waals surface area contributed by atoms with Crippen LogP contribution in [0, 0.1) is 0 Å². The van der Waals surface area contributed by atoms with Gasteiger partial charge in [-0.1, -0.05) is 78.3 Å². The van der Waals surface area contributed by atoms with Gasteiger partial charge in [-0.2, -0.15) is 0 Å². The van der Waals surface area contributed by atoms with Crippen molar-refractivity contribution in [2.75, 3.05) is 0 Å². The lowest BCUT2D eigenvalue weighted by atomic mass is 10.3. The van der Waals surface area contributed by atoms with Crippen LogP contribution < -0.4 is 10.6 Å². The van der Waals surface area contributed by atoms with E-state index in [0.717, 1.165) is 16.2 Å². The van der Waals surface area contributed by atoms with E-state index in [2.05, 4.69) is 4.98 Å². The lowest BCUT2D eigenvalue weighted by Gasteiger charge is -2.19. The molecule has 1 aromatic heterocycles. The molecule has 4 heteroatoms. The highest BCUT2D eigenvalue weighted by molar-refractivity contribution is 7.78. The average Bonchev–Trinajstić information content (AvgIpc) is 2.58. The van der Waals surface area contributed by atoms with E-state index in [9.17, 15) is 4.57 Å². The minimum absolute atomic E-state index is 0.369. The van der Waals surface area contributed by atoms with Gasteiger partial charge in [0.15, 0.2) is 0 Å². The van der Waals surface area contributed by atoms with Crippen LogP contribution in [0.4, 0.5) is 0 Å². The van der Waals surface area contributed by atoms with Crippen LogP contribution in [-0.2, 0) is 10.7 Å². The summed E-state index contributed by atoms with van der Waals surface area (Å²) in [7, 11) is -2.80. The Labute approximate surface area is 135 Å². The summed E-state index contributed by atoms with van der Waals surface area (Å²) in [6.45, 7) is 0. The third kappa shape index (κ3) is 2.99. The first-order valence-electron chi connectivity index (χ1n) is 7.00. The molecule has 110 valence electrons. The van der Waals surface area contributed by atoms with Gasteiger partial charge in [-0.05, 0) is 11.6 Å². The zero-order valence-corrected chi connectivity index (χ0v) is 13.5. The Bertz CT molecular complexity index is 762. The number of pyridine rings is 1. The van der Waals surface area contributed by atoms with Crippen molar-refractivity contribution in [3.05, 3.63) is 89.7 Å². The molecule has 2 nitrogen and oxygen atoms in total. The molecular formula is C18H15ClNOP. The Kier molecular flexibility index (Phi) is 4.42. The molecule has 3 rings (SSSR count). The standard InChI is InChI=1S/C18H15ClNOP/c19-18-15(8-7-13-20-18)14-22(21,16-9-3-1-4-10-16)17-11-5-2-6-12-17/h1-13H,14H2. The van der Waals surface area contributed by atoms with Crippen LogP contribution >= 0.6 is 18.7 Å². The van der Waals surface area contributed by atoms with Crippen molar-refractivity contribution in [1.82, 2.24) is 4.98 Å². The summed E-state index contributed by atoms with van der Waals surface area (Å²) in [5.41, 5.74) is 0.806.